The molecule has 1 aromatic rings. The van der Waals surface area contributed by atoms with Crippen LogP contribution in [0.1, 0.15) is 15.9 Å². The highest BCUT2D eigenvalue weighted by atomic mass is 35.5. The summed E-state index contributed by atoms with van der Waals surface area (Å²) < 4.78 is 43.1. The van der Waals surface area contributed by atoms with Crippen molar-refractivity contribution in [2.75, 3.05) is 13.0 Å². The lowest BCUT2D eigenvalue weighted by molar-refractivity contribution is -0.139. The Balaban J connectivity index is 3.60. The summed E-state index contributed by atoms with van der Waals surface area (Å²) in [6, 6.07) is 2.21. The largest absolute Gasteiger partial charge is 0.496 e. The van der Waals surface area contributed by atoms with E-state index in [4.69, 9.17) is 23.2 Å². The van der Waals surface area contributed by atoms with Gasteiger partial charge in [-0.1, -0.05) is 11.6 Å². The fourth-order valence-electron chi connectivity index (χ4n) is 1.35. The van der Waals surface area contributed by atoms with E-state index in [9.17, 15) is 18.0 Å². The van der Waals surface area contributed by atoms with Crippen LogP contribution >= 0.6 is 23.2 Å². The average Bonchev–Trinajstić information content (AvgIpc) is 2.26. The van der Waals surface area contributed by atoms with Gasteiger partial charge in [0, 0.05) is 0 Å². The standard InChI is InChI=1S/C10H7Cl2F3O2/c1-17-7-3-2-5(12)8(6(16)4-11)9(7)10(13,14)15/h2-3H,4H2,1H3. The van der Waals surface area contributed by atoms with Crippen molar-refractivity contribution in [3.8, 4) is 5.75 Å². The van der Waals surface area contributed by atoms with Gasteiger partial charge in [0.15, 0.2) is 5.78 Å². The Hall–Kier alpha value is -0.940. The maximum absolute atomic E-state index is 12.8. The summed E-state index contributed by atoms with van der Waals surface area (Å²) in [4.78, 5) is 11.4. The summed E-state index contributed by atoms with van der Waals surface area (Å²) in [6.07, 6.45) is -4.74. The summed E-state index contributed by atoms with van der Waals surface area (Å²) in [5.41, 5.74) is -1.85. The number of carbonyl (C=O) groups is 1. The van der Waals surface area contributed by atoms with Gasteiger partial charge in [0.2, 0.25) is 0 Å². The summed E-state index contributed by atoms with van der Waals surface area (Å²) in [7, 11) is 1.08. The number of methoxy groups -OCH3 is 1. The molecule has 0 fully saturated rings. The van der Waals surface area contributed by atoms with Gasteiger partial charge in [-0.2, -0.15) is 13.2 Å². The third-order valence-corrected chi connectivity index (χ3v) is 2.58. The van der Waals surface area contributed by atoms with Crippen molar-refractivity contribution in [1.29, 1.82) is 0 Å². The predicted molar refractivity (Wildman–Crippen MR) is 58.1 cm³/mol. The van der Waals surface area contributed by atoms with Gasteiger partial charge in [-0.05, 0) is 12.1 Å². The van der Waals surface area contributed by atoms with E-state index < -0.39 is 34.7 Å². The number of hydrogen-bond donors (Lipinski definition) is 0. The van der Waals surface area contributed by atoms with Crippen molar-refractivity contribution in [2.24, 2.45) is 0 Å². The first kappa shape index (κ1) is 14.1. The molecule has 0 aliphatic heterocycles. The van der Waals surface area contributed by atoms with Crippen molar-refractivity contribution < 1.29 is 22.7 Å². The first-order valence-electron chi connectivity index (χ1n) is 4.35. The fraction of sp³-hybridized carbons (Fsp3) is 0.300. The Morgan fingerprint density at radius 1 is 1.41 bits per heavy atom. The van der Waals surface area contributed by atoms with Crippen molar-refractivity contribution >= 4 is 29.0 Å². The molecule has 0 aliphatic carbocycles. The van der Waals surface area contributed by atoms with Crippen LogP contribution < -0.4 is 4.74 Å². The molecule has 0 amide bonds. The molecule has 0 radical (unpaired) electrons. The highest BCUT2D eigenvalue weighted by molar-refractivity contribution is 6.37. The third-order valence-electron chi connectivity index (χ3n) is 2.02. The maximum atomic E-state index is 12.8. The van der Waals surface area contributed by atoms with Crippen LogP contribution in [0.4, 0.5) is 13.2 Å². The van der Waals surface area contributed by atoms with Gasteiger partial charge in [-0.3, -0.25) is 4.79 Å². The van der Waals surface area contributed by atoms with E-state index in [-0.39, 0.29) is 5.02 Å². The smallest absolute Gasteiger partial charge is 0.420 e. The van der Waals surface area contributed by atoms with Gasteiger partial charge in [0.25, 0.3) is 0 Å². The predicted octanol–water partition coefficient (Wildman–Crippen LogP) is 3.79. The van der Waals surface area contributed by atoms with Crippen molar-refractivity contribution in [2.45, 2.75) is 6.18 Å². The minimum absolute atomic E-state index is 0.302. The van der Waals surface area contributed by atoms with E-state index in [0.29, 0.717) is 0 Å². The van der Waals surface area contributed by atoms with E-state index >= 15 is 0 Å². The highest BCUT2D eigenvalue weighted by Gasteiger charge is 2.39. The Bertz CT molecular complexity index is 444. The first-order chi connectivity index (χ1) is 7.82. The van der Waals surface area contributed by atoms with Crippen LogP contribution in [-0.2, 0) is 6.18 Å². The molecule has 17 heavy (non-hydrogen) atoms. The molecule has 0 saturated carbocycles. The minimum atomic E-state index is -4.74. The average molecular weight is 287 g/mol. The molecule has 1 rings (SSSR count). The number of Topliss-reactive ketones (excluding diaryl/α,β-unsaturated/α-hetero) is 1. The number of alkyl halides is 4. The highest BCUT2D eigenvalue weighted by Crippen LogP contribution is 2.41. The summed E-state index contributed by atoms with van der Waals surface area (Å²) >= 11 is 10.9. The molecule has 0 unspecified atom stereocenters. The summed E-state index contributed by atoms with van der Waals surface area (Å²) in [5, 5.41) is -0.302. The van der Waals surface area contributed by atoms with Gasteiger partial charge in [-0.15, -0.1) is 11.6 Å². The lowest BCUT2D eigenvalue weighted by atomic mass is 10.0. The van der Waals surface area contributed by atoms with Crippen molar-refractivity contribution in [3.63, 3.8) is 0 Å². The lowest BCUT2D eigenvalue weighted by Gasteiger charge is -2.16. The third kappa shape index (κ3) is 2.84. The number of carbonyl (C=O) groups excluding carboxylic acids is 1. The lowest BCUT2D eigenvalue weighted by Crippen LogP contribution is -2.16. The first-order valence-corrected chi connectivity index (χ1v) is 5.27. The van der Waals surface area contributed by atoms with E-state index in [0.717, 1.165) is 19.2 Å². The van der Waals surface area contributed by atoms with Crippen LogP contribution in [0.5, 0.6) is 5.75 Å². The molecule has 0 aromatic heterocycles. The fourth-order valence-corrected chi connectivity index (χ4v) is 1.75. The molecule has 0 atom stereocenters. The molecule has 0 spiro atoms. The number of ketones is 1. The molecular formula is C10H7Cl2F3O2. The molecule has 7 heteroatoms. The molecule has 1 aromatic carbocycles. The van der Waals surface area contributed by atoms with Gasteiger partial charge < -0.3 is 4.74 Å². The number of benzene rings is 1. The van der Waals surface area contributed by atoms with Crippen molar-refractivity contribution in [1.82, 2.24) is 0 Å². The Kier molecular flexibility index (Phi) is 4.27. The Morgan fingerprint density at radius 2 is 2.00 bits per heavy atom. The quantitative estimate of drug-likeness (QED) is 0.624. The van der Waals surface area contributed by atoms with Crippen molar-refractivity contribution in [3.05, 3.63) is 28.3 Å². The van der Waals surface area contributed by atoms with Crippen LogP contribution in [-0.4, -0.2) is 18.8 Å². The second kappa shape index (κ2) is 5.14. The zero-order valence-corrected chi connectivity index (χ0v) is 10.1. The summed E-state index contributed by atoms with van der Waals surface area (Å²) in [5.74, 6) is -1.95. The maximum Gasteiger partial charge on any atom is 0.420 e. The Morgan fingerprint density at radius 3 is 2.41 bits per heavy atom. The van der Waals surface area contributed by atoms with Gasteiger partial charge in [0.1, 0.15) is 11.3 Å². The molecule has 2 nitrogen and oxygen atoms in total. The SMILES string of the molecule is COc1ccc(Cl)c(C(=O)CCl)c1C(F)(F)F. The van der Waals surface area contributed by atoms with Crippen LogP contribution in [0.3, 0.4) is 0 Å². The minimum Gasteiger partial charge on any atom is -0.496 e. The van der Waals surface area contributed by atoms with Crippen LogP contribution in [0.25, 0.3) is 0 Å². The summed E-state index contributed by atoms with van der Waals surface area (Å²) in [6.45, 7) is 0. The van der Waals surface area contributed by atoms with Crippen LogP contribution in [0.2, 0.25) is 5.02 Å². The monoisotopic (exact) mass is 286 g/mol. The van der Waals surface area contributed by atoms with Gasteiger partial charge in [0.05, 0.1) is 23.6 Å². The number of hydrogen-bond acceptors (Lipinski definition) is 2. The molecule has 0 heterocycles. The van der Waals surface area contributed by atoms with Crippen LogP contribution in [0, 0.1) is 0 Å². The molecule has 94 valence electrons. The Labute approximate surface area is 105 Å². The van der Waals surface area contributed by atoms with E-state index in [2.05, 4.69) is 4.74 Å². The second-order valence-electron chi connectivity index (χ2n) is 3.05. The molecule has 0 bridgehead atoms. The van der Waals surface area contributed by atoms with E-state index in [1.54, 1.807) is 0 Å². The normalized spacial score (nSPS) is 11.4. The van der Waals surface area contributed by atoms with E-state index in [1.807, 2.05) is 0 Å². The number of halogens is 5. The number of ether oxygens (including phenoxy) is 1. The topological polar surface area (TPSA) is 26.3 Å². The zero-order valence-electron chi connectivity index (χ0n) is 8.57. The molecule has 0 saturated heterocycles. The molecule has 0 aliphatic rings. The molecular weight excluding hydrogens is 280 g/mol. The second-order valence-corrected chi connectivity index (χ2v) is 3.73. The van der Waals surface area contributed by atoms with E-state index in [1.165, 1.54) is 0 Å². The zero-order chi connectivity index (χ0) is 13.2. The van der Waals surface area contributed by atoms with Gasteiger partial charge in [-0.25, -0.2) is 0 Å². The van der Waals surface area contributed by atoms with Gasteiger partial charge >= 0.3 is 6.18 Å². The van der Waals surface area contributed by atoms with Crippen LogP contribution in [0.15, 0.2) is 12.1 Å². The molecule has 0 N–H and O–H groups in total. The number of rotatable bonds is 3.